The minimum Gasteiger partial charge on any atom is -0.351 e. The van der Waals surface area contributed by atoms with Gasteiger partial charge in [-0.25, -0.2) is 4.39 Å². The molecule has 3 fully saturated rings. The second-order valence-corrected chi connectivity index (χ2v) is 7.16. The van der Waals surface area contributed by atoms with E-state index in [2.05, 4.69) is 25.7 Å². The number of fused-ring (bicyclic) bond motifs is 1. The van der Waals surface area contributed by atoms with Crippen molar-refractivity contribution in [2.75, 3.05) is 23.3 Å². The Labute approximate surface area is 153 Å². The topological polar surface area (TPSA) is 105 Å². The Balaban J connectivity index is 1.59. The summed E-state index contributed by atoms with van der Waals surface area (Å²) < 4.78 is 15.3. The lowest BCUT2D eigenvalue weighted by atomic mass is 10.1. The fourth-order valence-corrected chi connectivity index (χ4v) is 3.37. The highest BCUT2D eigenvalue weighted by Gasteiger charge is 2.29. The van der Waals surface area contributed by atoms with Gasteiger partial charge in [0.15, 0.2) is 5.65 Å². The van der Waals surface area contributed by atoms with Crippen LogP contribution in [-0.4, -0.2) is 56.7 Å². The van der Waals surface area contributed by atoms with E-state index in [1.54, 1.807) is 16.8 Å². The molecule has 2 aromatic heterocycles. The predicted molar refractivity (Wildman–Crippen MR) is 94.9 cm³/mol. The average molecular weight is 371 g/mol. The van der Waals surface area contributed by atoms with Gasteiger partial charge in [0.05, 0.1) is 19.2 Å². The molecule has 0 radical (unpaired) electrons. The smallest absolute Gasteiger partial charge is 0.254 e. The van der Waals surface area contributed by atoms with Gasteiger partial charge in [-0.3, -0.25) is 14.9 Å². The maximum Gasteiger partial charge on any atom is 0.254 e. The highest BCUT2D eigenvalue weighted by atomic mass is 19.1. The number of anilines is 2. The highest BCUT2D eigenvalue weighted by molar-refractivity contribution is 6.15. The third kappa shape index (κ3) is 3.00. The van der Waals surface area contributed by atoms with Gasteiger partial charge in [-0.15, -0.1) is 0 Å². The molecule has 3 aliphatic rings. The molecule has 10 heteroatoms. The molecule has 2 amide bonds. The van der Waals surface area contributed by atoms with Crippen LogP contribution >= 0.6 is 0 Å². The van der Waals surface area contributed by atoms with Crippen LogP contribution in [0.15, 0.2) is 11.8 Å². The van der Waals surface area contributed by atoms with E-state index >= 15 is 0 Å². The van der Waals surface area contributed by atoms with Crippen molar-refractivity contribution < 1.29 is 14.0 Å². The van der Waals surface area contributed by atoms with Crippen LogP contribution in [-0.2, 0) is 9.59 Å². The van der Waals surface area contributed by atoms with Gasteiger partial charge in [-0.1, -0.05) is 0 Å². The summed E-state index contributed by atoms with van der Waals surface area (Å²) in [5, 5.41) is 9.89. The van der Waals surface area contributed by atoms with Crippen molar-refractivity contribution >= 4 is 35.4 Å². The molecule has 0 bridgehead atoms. The van der Waals surface area contributed by atoms with Crippen LogP contribution in [0, 0.1) is 0 Å². The number of halogens is 1. The molecule has 2 saturated heterocycles. The van der Waals surface area contributed by atoms with E-state index < -0.39 is 12.1 Å². The summed E-state index contributed by atoms with van der Waals surface area (Å²) in [7, 11) is 0. The first-order valence-electron chi connectivity index (χ1n) is 9.03. The summed E-state index contributed by atoms with van der Waals surface area (Å²) >= 11 is 0. The van der Waals surface area contributed by atoms with Crippen LogP contribution in [0.4, 0.5) is 16.3 Å². The number of amides is 2. The zero-order chi connectivity index (χ0) is 18.5. The number of hydrogen-bond acceptors (Lipinski definition) is 7. The number of imide groups is 1. The molecule has 4 heterocycles. The first-order valence-corrected chi connectivity index (χ1v) is 9.03. The summed E-state index contributed by atoms with van der Waals surface area (Å²) in [4.78, 5) is 34.2. The molecule has 1 atom stereocenters. The minimum atomic E-state index is -0.889. The van der Waals surface area contributed by atoms with E-state index in [0.29, 0.717) is 47.7 Å². The first kappa shape index (κ1) is 16.2. The molecule has 1 aliphatic carbocycles. The van der Waals surface area contributed by atoms with E-state index in [1.165, 1.54) is 0 Å². The standard InChI is InChI=1S/C17H18FN7O2/c18-11-3-4-24(8-11)17-23-16(20-12-1-2-12)22-14-10(7-19-25(14)17)5-9-6-13(26)21-15(9)27/h5,7,11-12H,1-4,6,8H2,(H,20,22)(H,21,26,27)/b9-5+. The Morgan fingerprint density at radius 3 is 2.78 bits per heavy atom. The molecule has 2 aromatic rings. The van der Waals surface area contributed by atoms with E-state index in [-0.39, 0.29) is 18.9 Å². The SMILES string of the molecule is O=C1C/C(=C\c2cnn3c(N4CCC(F)C4)nc(NC4CC4)nc23)C(=O)N1. The Kier molecular flexibility index (Phi) is 3.59. The molecule has 2 N–H and O–H groups in total. The van der Waals surface area contributed by atoms with Crippen molar-refractivity contribution in [2.45, 2.75) is 37.9 Å². The number of nitrogens with zero attached hydrogens (tertiary/aromatic N) is 5. The molecule has 0 aromatic carbocycles. The summed E-state index contributed by atoms with van der Waals surface area (Å²) in [6, 6.07) is 0.357. The fraction of sp³-hybridized carbons (Fsp3) is 0.471. The van der Waals surface area contributed by atoms with Gasteiger partial charge in [0.2, 0.25) is 17.8 Å². The van der Waals surface area contributed by atoms with Crippen LogP contribution in [0.25, 0.3) is 11.7 Å². The summed E-state index contributed by atoms with van der Waals surface area (Å²) in [5.74, 6) is 0.277. The van der Waals surface area contributed by atoms with Gasteiger partial charge >= 0.3 is 0 Å². The lowest BCUT2D eigenvalue weighted by molar-refractivity contribution is -0.124. The number of nitrogens with one attached hydrogen (secondary N) is 2. The number of hydrogen-bond donors (Lipinski definition) is 2. The fourth-order valence-electron chi connectivity index (χ4n) is 3.37. The normalized spacial score (nSPS) is 24.3. The average Bonchev–Trinajstić information content (AvgIpc) is 3.04. The molecule has 0 spiro atoms. The summed E-state index contributed by atoms with van der Waals surface area (Å²) in [6.07, 6.45) is 4.95. The number of carbonyl (C=O) groups is 2. The van der Waals surface area contributed by atoms with Crippen LogP contribution < -0.4 is 15.5 Å². The van der Waals surface area contributed by atoms with Crippen molar-refractivity contribution in [1.82, 2.24) is 24.9 Å². The van der Waals surface area contributed by atoms with E-state index in [0.717, 1.165) is 12.8 Å². The van der Waals surface area contributed by atoms with E-state index in [1.807, 2.05) is 4.90 Å². The Bertz CT molecular complexity index is 981. The monoisotopic (exact) mass is 371 g/mol. The Hall–Kier alpha value is -3.04. The van der Waals surface area contributed by atoms with Crippen LogP contribution in [0.3, 0.4) is 0 Å². The quantitative estimate of drug-likeness (QED) is 0.601. The van der Waals surface area contributed by atoms with Gasteiger partial charge in [0.25, 0.3) is 5.91 Å². The molecular weight excluding hydrogens is 353 g/mol. The van der Waals surface area contributed by atoms with E-state index in [4.69, 9.17) is 0 Å². The zero-order valence-corrected chi connectivity index (χ0v) is 14.5. The number of alkyl halides is 1. The molecule has 2 aliphatic heterocycles. The maximum absolute atomic E-state index is 13.7. The van der Waals surface area contributed by atoms with Crippen molar-refractivity contribution in [3.63, 3.8) is 0 Å². The summed E-state index contributed by atoms with van der Waals surface area (Å²) in [5.41, 5.74) is 1.51. The van der Waals surface area contributed by atoms with Crippen LogP contribution in [0.5, 0.6) is 0 Å². The van der Waals surface area contributed by atoms with Crippen LogP contribution in [0.2, 0.25) is 0 Å². The Morgan fingerprint density at radius 2 is 2.11 bits per heavy atom. The summed E-state index contributed by atoms with van der Waals surface area (Å²) in [6.45, 7) is 0.825. The van der Waals surface area contributed by atoms with Crippen molar-refractivity contribution in [3.8, 4) is 0 Å². The highest BCUT2D eigenvalue weighted by Crippen LogP contribution is 2.28. The van der Waals surface area contributed by atoms with Gasteiger partial charge in [-0.2, -0.15) is 19.6 Å². The molecule has 27 heavy (non-hydrogen) atoms. The first-order chi connectivity index (χ1) is 13.1. The lowest BCUT2D eigenvalue weighted by Crippen LogP contribution is -2.25. The maximum atomic E-state index is 13.7. The number of rotatable bonds is 4. The molecule has 9 nitrogen and oxygen atoms in total. The van der Waals surface area contributed by atoms with Gasteiger partial charge < -0.3 is 10.2 Å². The molecule has 140 valence electrons. The van der Waals surface area contributed by atoms with Crippen LogP contribution in [0.1, 0.15) is 31.2 Å². The predicted octanol–water partition coefficient (Wildman–Crippen LogP) is 0.677. The van der Waals surface area contributed by atoms with Gasteiger partial charge in [-0.05, 0) is 25.3 Å². The van der Waals surface area contributed by atoms with E-state index in [9.17, 15) is 14.0 Å². The Morgan fingerprint density at radius 1 is 1.26 bits per heavy atom. The van der Waals surface area contributed by atoms with Gasteiger partial charge in [0.1, 0.15) is 6.17 Å². The molecular formula is C17H18FN7O2. The number of aromatic nitrogens is 4. The number of carbonyl (C=O) groups excluding carboxylic acids is 2. The zero-order valence-electron chi connectivity index (χ0n) is 14.5. The molecule has 1 saturated carbocycles. The van der Waals surface area contributed by atoms with Crippen molar-refractivity contribution in [2.24, 2.45) is 0 Å². The second kappa shape index (κ2) is 6.00. The second-order valence-electron chi connectivity index (χ2n) is 7.16. The third-order valence-corrected chi connectivity index (χ3v) is 4.93. The molecule has 5 rings (SSSR count). The van der Waals surface area contributed by atoms with Crippen molar-refractivity contribution in [3.05, 3.63) is 17.3 Å². The minimum absolute atomic E-state index is 0.0386. The lowest BCUT2D eigenvalue weighted by Gasteiger charge is -2.18. The largest absolute Gasteiger partial charge is 0.351 e. The molecule has 1 unspecified atom stereocenters. The van der Waals surface area contributed by atoms with Gasteiger partial charge in [0, 0.05) is 23.7 Å². The van der Waals surface area contributed by atoms with Crippen molar-refractivity contribution in [1.29, 1.82) is 0 Å². The third-order valence-electron chi connectivity index (χ3n) is 4.93.